The van der Waals surface area contributed by atoms with Crippen LogP contribution in [0.1, 0.15) is 5.56 Å². The Balaban J connectivity index is 1.89. The first-order valence-electron chi connectivity index (χ1n) is 4.47. The Morgan fingerprint density at radius 3 is 2.85 bits per heavy atom. The molecular weight excluding hydrogens is 184 g/mol. The maximum Gasteiger partial charge on any atom is 0.0859 e. The number of rotatable bonds is 2. The lowest BCUT2D eigenvalue weighted by molar-refractivity contribution is 0.0342. The number of nitrogens with zero attached hydrogens (tertiary/aromatic N) is 1. The highest BCUT2D eigenvalue weighted by atomic mass is 32.1. The number of ether oxygens (including phenoxy) is 1. The highest BCUT2D eigenvalue weighted by molar-refractivity contribution is 7.14. The lowest BCUT2D eigenvalue weighted by Crippen LogP contribution is -2.35. The number of morpholine rings is 1. The number of hydrogen-bond acceptors (Lipinski definition) is 4. The van der Waals surface area contributed by atoms with Crippen molar-refractivity contribution in [2.24, 2.45) is 0 Å². The Hall–Kier alpha value is -0.580. The van der Waals surface area contributed by atoms with Gasteiger partial charge in [-0.2, -0.15) is 0 Å². The predicted molar refractivity (Wildman–Crippen MR) is 54.8 cm³/mol. The summed E-state index contributed by atoms with van der Waals surface area (Å²) in [6, 6.07) is 2.06. The van der Waals surface area contributed by atoms with E-state index in [4.69, 9.17) is 10.5 Å². The third-order valence-corrected chi connectivity index (χ3v) is 2.99. The van der Waals surface area contributed by atoms with E-state index in [0.717, 1.165) is 37.8 Å². The van der Waals surface area contributed by atoms with E-state index < -0.39 is 0 Å². The lowest BCUT2D eigenvalue weighted by atomic mass is 10.3. The summed E-state index contributed by atoms with van der Waals surface area (Å²) < 4.78 is 5.28. The van der Waals surface area contributed by atoms with E-state index in [0.29, 0.717) is 0 Å². The van der Waals surface area contributed by atoms with Gasteiger partial charge in [-0.15, -0.1) is 11.3 Å². The first kappa shape index (κ1) is 8.99. The van der Waals surface area contributed by atoms with Crippen molar-refractivity contribution in [3.8, 4) is 0 Å². The van der Waals surface area contributed by atoms with Crippen molar-refractivity contribution in [2.75, 3.05) is 32.0 Å². The average Bonchev–Trinajstić information content (AvgIpc) is 2.53. The molecule has 2 N–H and O–H groups in total. The van der Waals surface area contributed by atoms with Crippen LogP contribution >= 0.6 is 11.3 Å². The molecule has 1 aromatic heterocycles. The number of hydrogen-bond donors (Lipinski definition) is 1. The molecule has 2 heterocycles. The van der Waals surface area contributed by atoms with Gasteiger partial charge >= 0.3 is 0 Å². The van der Waals surface area contributed by atoms with Crippen LogP contribution < -0.4 is 5.73 Å². The molecule has 0 bridgehead atoms. The Morgan fingerprint density at radius 1 is 1.46 bits per heavy atom. The molecule has 0 unspecified atom stereocenters. The zero-order chi connectivity index (χ0) is 9.10. The topological polar surface area (TPSA) is 38.5 Å². The van der Waals surface area contributed by atoms with Crippen molar-refractivity contribution in [1.29, 1.82) is 0 Å². The zero-order valence-electron chi connectivity index (χ0n) is 7.53. The molecule has 0 amide bonds. The second kappa shape index (κ2) is 4.09. The van der Waals surface area contributed by atoms with E-state index in [9.17, 15) is 0 Å². The molecule has 1 fully saturated rings. The van der Waals surface area contributed by atoms with Crippen LogP contribution in [0.5, 0.6) is 0 Å². The van der Waals surface area contributed by atoms with E-state index in [1.54, 1.807) is 11.3 Å². The number of nitrogens with two attached hydrogens (primary N) is 1. The van der Waals surface area contributed by atoms with Crippen LogP contribution in [0.25, 0.3) is 0 Å². The average molecular weight is 198 g/mol. The molecule has 3 nitrogen and oxygen atoms in total. The van der Waals surface area contributed by atoms with E-state index >= 15 is 0 Å². The fourth-order valence-electron chi connectivity index (χ4n) is 1.49. The van der Waals surface area contributed by atoms with Crippen LogP contribution in [0, 0.1) is 0 Å². The van der Waals surface area contributed by atoms with Crippen molar-refractivity contribution in [3.05, 3.63) is 17.0 Å². The first-order chi connectivity index (χ1) is 6.34. The summed E-state index contributed by atoms with van der Waals surface area (Å²) in [5.74, 6) is 0. The van der Waals surface area contributed by atoms with E-state index in [1.165, 1.54) is 5.56 Å². The smallest absolute Gasteiger partial charge is 0.0859 e. The molecule has 0 saturated carbocycles. The predicted octanol–water partition coefficient (Wildman–Crippen LogP) is 1.16. The summed E-state index contributed by atoms with van der Waals surface area (Å²) in [6.45, 7) is 4.81. The van der Waals surface area contributed by atoms with Crippen molar-refractivity contribution >= 4 is 16.3 Å². The molecule has 1 saturated heterocycles. The fraction of sp³-hybridized carbons (Fsp3) is 0.556. The molecule has 0 aromatic carbocycles. The second-order valence-electron chi connectivity index (χ2n) is 3.25. The highest BCUT2D eigenvalue weighted by Crippen LogP contribution is 2.18. The quantitative estimate of drug-likeness (QED) is 0.775. The SMILES string of the molecule is Nc1cc(CN2CCOCC2)cs1. The van der Waals surface area contributed by atoms with E-state index in [-0.39, 0.29) is 0 Å². The molecule has 0 aliphatic carbocycles. The zero-order valence-corrected chi connectivity index (χ0v) is 8.35. The van der Waals surface area contributed by atoms with E-state index in [2.05, 4.69) is 16.3 Å². The van der Waals surface area contributed by atoms with Crippen LogP contribution in [0.2, 0.25) is 0 Å². The number of anilines is 1. The van der Waals surface area contributed by atoms with Crippen molar-refractivity contribution in [1.82, 2.24) is 4.90 Å². The number of thiophene rings is 1. The Labute approximate surface area is 82.1 Å². The van der Waals surface area contributed by atoms with E-state index in [1.807, 2.05) is 0 Å². The maximum atomic E-state index is 5.66. The molecule has 4 heteroatoms. The van der Waals surface area contributed by atoms with Gasteiger partial charge in [-0.25, -0.2) is 0 Å². The normalized spacial score (nSPS) is 19.1. The minimum absolute atomic E-state index is 0.861. The molecule has 1 aliphatic heterocycles. The standard InChI is InChI=1S/C9H14N2OS/c10-9-5-8(7-13-9)6-11-1-3-12-4-2-11/h5,7H,1-4,6,10H2. The summed E-state index contributed by atoms with van der Waals surface area (Å²) in [5.41, 5.74) is 6.98. The van der Waals surface area contributed by atoms with Crippen LogP contribution in [-0.4, -0.2) is 31.2 Å². The highest BCUT2D eigenvalue weighted by Gasteiger charge is 2.10. The third kappa shape index (κ3) is 2.43. The van der Waals surface area contributed by atoms with Crippen LogP contribution in [-0.2, 0) is 11.3 Å². The molecule has 2 rings (SSSR count). The van der Waals surface area contributed by atoms with Crippen LogP contribution in [0.15, 0.2) is 11.4 Å². The maximum absolute atomic E-state index is 5.66. The van der Waals surface area contributed by atoms with Gasteiger partial charge in [0.25, 0.3) is 0 Å². The monoisotopic (exact) mass is 198 g/mol. The van der Waals surface area contributed by atoms with Crippen LogP contribution in [0.4, 0.5) is 5.00 Å². The molecule has 0 atom stereocenters. The Morgan fingerprint density at radius 2 is 2.23 bits per heavy atom. The summed E-state index contributed by atoms with van der Waals surface area (Å²) in [5, 5.41) is 3.04. The molecule has 1 aliphatic rings. The van der Waals surface area contributed by atoms with Gasteiger partial charge in [0, 0.05) is 19.6 Å². The van der Waals surface area contributed by atoms with Crippen molar-refractivity contribution in [2.45, 2.75) is 6.54 Å². The first-order valence-corrected chi connectivity index (χ1v) is 5.35. The summed E-state index contributed by atoms with van der Waals surface area (Å²) in [6.07, 6.45) is 0. The molecule has 0 radical (unpaired) electrons. The van der Waals surface area contributed by atoms with Crippen LogP contribution in [0.3, 0.4) is 0 Å². The van der Waals surface area contributed by atoms with Gasteiger partial charge in [-0.3, -0.25) is 4.90 Å². The second-order valence-corrected chi connectivity index (χ2v) is 4.19. The molecular formula is C9H14N2OS. The van der Waals surface area contributed by atoms with Gasteiger partial charge in [-0.05, 0) is 17.0 Å². The molecule has 1 aromatic rings. The van der Waals surface area contributed by atoms with Crippen molar-refractivity contribution < 1.29 is 4.74 Å². The minimum Gasteiger partial charge on any atom is -0.391 e. The summed E-state index contributed by atoms with van der Waals surface area (Å²) >= 11 is 1.61. The fourth-order valence-corrected chi connectivity index (χ4v) is 2.14. The molecule has 0 spiro atoms. The Kier molecular flexibility index (Phi) is 2.83. The molecule has 13 heavy (non-hydrogen) atoms. The number of nitrogen functional groups attached to an aromatic ring is 1. The van der Waals surface area contributed by atoms with Gasteiger partial charge < -0.3 is 10.5 Å². The third-order valence-electron chi connectivity index (χ3n) is 2.18. The van der Waals surface area contributed by atoms with Gasteiger partial charge in [-0.1, -0.05) is 0 Å². The van der Waals surface area contributed by atoms with Gasteiger partial charge in [0.15, 0.2) is 0 Å². The minimum atomic E-state index is 0.861. The summed E-state index contributed by atoms with van der Waals surface area (Å²) in [7, 11) is 0. The van der Waals surface area contributed by atoms with Gasteiger partial charge in [0.2, 0.25) is 0 Å². The Bertz CT molecular complexity index is 268. The van der Waals surface area contributed by atoms with Crippen molar-refractivity contribution in [3.63, 3.8) is 0 Å². The summed E-state index contributed by atoms with van der Waals surface area (Å²) in [4.78, 5) is 2.39. The lowest BCUT2D eigenvalue weighted by Gasteiger charge is -2.25. The molecule has 72 valence electrons. The van der Waals surface area contributed by atoms with Gasteiger partial charge in [0.05, 0.1) is 18.2 Å². The largest absolute Gasteiger partial charge is 0.391 e. The van der Waals surface area contributed by atoms with Gasteiger partial charge in [0.1, 0.15) is 0 Å².